The molecule has 0 aliphatic carbocycles. The van der Waals surface area contributed by atoms with Gasteiger partial charge in [0.15, 0.2) is 0 Å². The van der Waals surface area contributed by atoms with Gasteiger partial charge in [-0.15, -0.1) is 0 Å². The summed E-state index contributed by atoms with van der Waals surface area (Å²) in [5, 5.41) is 7.22. The Morgan fingerprint density at radius 3 is 2.86 bits per heavy atom. The molecule has 0 aliphatic rings. The van der Waals surface area contributed by atoms with Gasteiger partial charge in [-0.1, -0.05) is 18.2 Å². The molecule has 5 nitrogen and oxygen atoms in total. The Morgan fingerprint density at radius 1 is 1.38 bits per heavy atom. The number of aryl methyl sites for hydroxylation is 1. The first-order valence-corrected chi connectivity index (χ1v) is 7.06. The number of hydrogen-bond donors (Lipinski definition) is 1. The highest BCUT2D eigenvalue weighted by atomic mass is 16.5. The Labute approximate surface area is 124 Å². The molecule has 1 heterocycles. The largest absolute Gasteiger partial charge is 0.383 e. The van der Waals surface area contributed by atoms with Gasteiger partial charge in [-0.2, -0.15) is 5.10 Å². The predicted molar refractivity (Wildman–Crippen MR) is 81.4 cm³/mol. The van der Waals surface area contributed by atoms with Gasteiger partial charge in [0.25, 0.3) is 0 Å². The lowest BCUT2D eigenvalue weighted by atomic mass is 10.2. The van der Waals surface area contributed by atoms with E-state index in [9.17, 15) is 4.79 Å². The van der Waals surface area contributed by atoms with E-state index in [1.54, 1.807) is 13.3 Å². The van der Waals surface area contributed by atoms with Crippen LogP contribution in [0.25, 0.3) is 5.69 Å². The van der Waals surface area contributed by atoms with Crippen molar-refractivity contribution >= 4 is 5.91 Å². The molecule has 1 atom stereocenters. The van der Waals surface area contributed by atoms with E-state index in [-0.39, 0.29) is 11.9 Å². The SMILES string of the molecule is COCC(C)NC(=O)CCc1cnn(-c2ccccc2)c1. The topological polar surface area (TPSA) is 56.1 Å². The third-order valence-electron chi connectivity index (χ3n) is 3.12. The van der Waals surface area contributed by atoms with Gasteiger partial charge < -0.3 is 10.1 Å². The number of para-hydroxylation sites is 1. The van der Waals surface area contributed by atoms with E-state index in [1.165, 1.54) is 0 Å². The van der Waals surface area contributed by atoms with E-state index in [2.05, 4.69) is 10.4 Å². The second-order valence-corrected chi connectivity index (χ2v) is 5.05. The molecule has 1 N–H and O–H groups in total. The summed E-state index contributed by atoms with van der Waals surface area (Å²) in [6.45, 7) is 2.45. The molecule has 0 spiro atoms. The highest BCUT2D eigenvalue weighted by Crippen LogP contribution is 2.09. The molecule has 21 heavy (non-hydrogen) atoms. The normalized spacial score (nSPS) is 12.1. The van der Waals surface area contributed by atoms with Crippen molar-refractivity contribution in [3.63, 3.8) is 0 Å². The van der Waals surface area contributed by atoms with E-state index in [4.69, 9.17) is 4.74 Å². The highest BCUT2D eigenvalue weighted by molar-refractivity contribution is 5.76. The van der Waals surface area contributed by atoms with Gasteiger partial charge in [0.1, 0.15) is 0 Å². The van der Waals surface area contributed by atoms with Crippen molar-refractivity contribution < 1.29 is 9.53 Å². The van der Waals surface area contributed by atoms with Crippen molar-refractivity contribution in [3.05, 3.63) is 48.3 Å². The molecule has 0 aliphatic heterocycles. The molecule has 1 amide bonds. The zero-order valence-corrected chi connectivity index (χ0v) is 12.5. The highest BCUT2D eigenvalue weighted by Gasteiger charge is 2.08. The second kappa shape index (κ2) is 7.59. The van der Waals surface area contributed by atoms with Crippen LogP contribution >= 0.6 is 0 Å². The molecule has 112 valence electrons. The number of benzene rings is 1. The van der Waals surface area contributed by atoms with Crippen LogP contribution in [0.4, 0.5) is 0 Å². The minimum atomic E-state index is 0.0343. The quantitative estimate of drug-likeness (QED) is 0.847. The molecule has 0 bridgehead atoms. The van der Waals surface area contributed by atoms with Crippen molar-refractivity contribution in [3.8, 4) is 5.69 Å². The molecule has 0 radical (unpaired) electrons. The third-order valence-corrected chi connectivity index (χ3v) is 3.12. The van der Waals surface area contributed by atoms with E-state index < -0.39 is 0 Å². The molecular formula is C16H21N3O2. The smallest absolute Gasteiger partial charge is 0.220 e. The summed E-state index contributed by atoms with van der Waals surface area (Å²) in [4.78, 5) is 11.8. The van der Waals surface area contributed by atoms with E-state index in [0.717, 1.165) is 11.3 Å². The first-order chi connectivity index (χ1) is 10.2. The van der Waals surface area contributed by atoms with Gasteiger partial charge in [-0.05, 0) is 31.0 Å². The zero-order valence-electron chi connectivity index (χ0n) is 12.5. The number of amides is 1. The Morgan fingerprint density at radius 2 is 2.14 bits per heavy atom. The maximum atomic E-state index is 11.8. The lowest BCUT2D eigenvalue weighted by Gasteiger charge is -2.12. The van der Waals surface area contributed by atoms with Gasteiger partial charge in [0, 0.05) is 25.8 Å². The molecule has 5 heteroatoms. The number of carbonyl (C=O) groups excluding carboxylic acids is 1. The lowest BCUT2D eigenvalue weighted by molar-refractivity contribution is -0.122. The first-order valence-electron chi connectivity index (χ1n) is 7.06. The molecular weight excluding hydrogens is 266 g/mol. The standard InChI is InChI=1S/C16H21N3O2/c1-13(12-21-2)18-16(20)9-8-14-10-17-19(11-14)15-6-4-3-5-7-15/h3-7,10-11,13H,8-9,12H2,1-2H3,(H,18,20). The molecule has 0 saturated heterocycles. The van der Waals surface area contributed by atoms with Gasteiger partial charge in [0.2, 0.25) is 5.91 Å². The number of nitrogens with one attached hydrogen (secondary N) is 1. The molecule has 1 unspecified atom stereocenters. The summed E-state index contributed by atoms with van der Waals surface area (Å²) in [6, 6.07) is 9.95. The summed E-state index contributed by atoms with van der Waals surface area (Å²) in [5.74, 6) is 0.0343. The number of ether oxygens (including phenoxy) is 1. The lowest BCUT2D eigenvalue weighted by Crippen LogP contribution is -2.35. The van der Waals surface area contributed by atoms with Gasteiger partial charge >= 0.3 is 0 Å². The van der Waals surface area contributed by atoms with Crippen LogP contribution in [0.15, 0.2) is 42.7 Å². The minimum absolute atomic E-state index is 0.0343. The first kappa shape index (κ1) is 15.3. The van der Waals surface area contributed by atoms with Crippen LogP contribution in [-0.4, -0.2) is 35.4 Å². The van der Waals surface area contributed by atoms with Crippen LogP contribution in [0.5, 0.6) is 0 Å². The molecule has 1 aromatic heterocycles. The van der Waals surface area contributed by atoms with Crippen molar-refractivity contribution in [2.45, 2.75) is 25.8 Å². The molecule has 2 rings (SSSR count). The summed E-state index contributed by atoms with van der Waals surface area (Å²) in [6.07, 6.45) is 4.90. The summed E-state index contributed by atoms with van der Waals surface area (Å²) in [7, 11) is 1.63. The molecule has 0 fully saturated rings. The van der Waals surface area contributed by atoms with E-state index in [1.807, 2.05) is 48.1 Å². The number of carbonyl (C=O) groups is 1. The van der Waals surface area contributed by atoms with Crippen LogP contribution in [0.3, 0.4) is 0 Å². The minimum Gasteiger partial charge on any atom is -0.383 e. The summed E-state index contributed by atoms with van der Waals surface area (Å²) < 4.78 is 6.81. The fourth-order valence-corrected chi connectivity index (χ4v) is 2.11. The molecule has 1 aromatic carbocycles. The Hall–Kier alpha value is -2.14. The van der Waals surface area contributed by atoms with Crippen LogP contribution in [0, 0.1) is 0 Å². The number of aromatic nitrogens is 2. The average molecular weight is 287 g/mol. The number of rotatable bonds is 7. The molecule has 2 aromatic rings. The van der Waals surface area contributed by atoms with Crippen molar-refractivity contribution in [1.82, 2.24) is 15.1 Å². The molecule has 0 saturated carbocycles. The fraction of sp³-hybridized carbons (Fsp3) is 0.375. The Bertz CT molecular complexity index is 566. The number of hydrogen-bond acceptors (Lipinski definition) is 3. The number of nitrogens with zero attached hydrogens (tertiary/aromatic N) is 2. The maximum absolute atomic E-state index is 11.8. The maximum Gasteiger partial charge on any atom is 0.220 e. The Kier molecular flexibility index (Phi) is 5.51. The summed E-state index contributed by atoms with van der Waals surface area (Å²) in [5.41, 5.74) is 2.07. The monoisotopic (exact) mass is 287 g/mol. The fourth-order valence-electron chi connectivity index (χ4n) is 2.11. The van der Waals surface area contributed by atoms with Crippen LogP contribution in [0.1, 0.15) is 18.9 Å². The predicted octanol–water partition coefficient (Wildman–Crippen LogP) is 1.96. The van der Waals surface area contributed by atoms with Gasteiger partial charge in [-0.25, -0.2) is 4.68 Å². The van der Waals surface area contributed by atoms with E-state index in [0.29, 0.717) is 19.4 Å². The third kappa shape index (κ3) is 4.72. The Balaban J connectivity index is 1.84. The summed E-state index contributed by atoms with van der Waals surface area (Å²) >= 11 is 0. The van der Waals surface area contributed by atoms with Crippen molar-refractivity contribution in [1.29, 1.82) is 0 Å². The second-order valence-electron chi connectivity index (χ2n) is 5.05. The van der Waals surface area contributed by atoms with Crippen LogP contribution < -0.4 is 5.32 Å². The van der Waals surface area contributed by atoms with Crippen LogP contribution in [0.2, 0.25) is 0 Å². The van der Waals surface area contributed by atoms with Crippen molar-refractivity contribution in [2.75, 3.05) is 13.7 Å². The average Bonchev–Trinajstić information content (AvgIpc) is 2.95. The van der Waals surface area contributed by atoms with Gasteiger partial charge in [-0.3, -0.25) is 4.79 Å². The van der Waals surface area contributed by atoms with Crippen molar-refractivity contribution in [2.24, 2.45) is 0 Å². The number of methoxy groups -OCH3 is 1. The van der Waals surface area contributed by atoms with E-state index >= 15 is 0 Å². The van der Waals surface area contributed by atoms with Gasteiger partial charge in [0.05, 0.1) is 18.5 Å². The zero-order chi connectivity index (χ0) is 15.1. The van der Waals surface area contributed by atoms with Crippen LogP contribution in [-0.2, 0) is 16.0 Å².